The normalized spacial score (nSPS) is 15.8. The van der Waals surface area contributed by atoms with Crippen LogP contribution in [0.15, 0.2) is 73.0 Å². The molecule has 0 spiro atoms. The molecule has 4 nitrogen and oxygen atoms in total. The smallest absolute Gasteiger partial charge is 0.265 e. The van der Waals surface area contributed by atoms with Gasteiger partial charge in [-0.1, -0.05) is 72.6 Å². The molecule has 28 heavy (non-hydrogen) atoms. The van der Waals surface area contributed by atoms with Crippen LogP contribution in [0.25, 0.3) is 0 Å². The molecule has 1 aromatic carbocycles. The van der Waals surface area contributed by atoms with Gasteiger partial charge in [-0.15, -0.1) is 0 Å². The summed E-state index contributed by atoms with van der Waals surface area (Å²) in [7, 11) is 0. The second kappa shape index (κ2) is 10.0. The van der Waals surface area contributed by atoms with E-state index in [1.165, 1.54) is 16.9 Å². The number of hydrogen-bond acceptors (Lipinski definition) is 4. The topological polar surface area (TPSA) is 45.2 Å². The van der Waals surface area contributed by atoms with Crippen LogP contribution in [0.1, 0.15) is 40.9 Å². The summed E-state index contributed by atoms with van der Waals surface area (Å²) in [4.78, 5) is 19.9. The van der Waals surface area contributed by atoms with Gasteiger partial charge < -0.3 is 10.2 Å². The fraction of sp³-hybridized carbons (Fsp3) is 0.304. The lowest BCUT2D eigenvalue weighted by molar-refractivity contribution is 0.0717. The quantitative estimate of drug-likeness (QED) is 0.652. The van der Waals surface area contributed by atoms with Crippen molar-refractivity contribution in [3.8, 4) is 0 Å². The molecule has 1 amide bonds. The summed E-state index contributed by atoms with van der Waals surface area (Å²) in [6, 6.07) is 10.6. The van der Waals surface area contributed by atoms with Gasteiger partial charge in [-0.25, -0.2) is 4.98 Å². The zero-order valence-electron chi connectivity index (χ0n) is 16.3. The summed E-state index contributed by atoms with van der Waals surface area (Å²) < 4.78 is 0. The number of likely N-dealkylation sites (tertiary alicyclic amines) is 1. The van der Waals surface area contributed by atoms with Crippen LogP contribution in [-0.4, -0.2) is 35.4 Å². The second-order valence-corrected chi connectivity index (χ2v) is 7.85. The van der Waals surface area contributed by atoms with Gasteiger partial charge in [-0.3, -0.25) is 4.79 Å². The average Bonchev–Trinajstić information content (AvgIpc) is 3.23. The van der Waals surface area contributed by atoms with Gasteiger partial charge >= 0.3 is 0 Å². The Labute approximate surface area is 171 Å². The third kappa shape index (κ3) is 5.20. The van der Waals surface area contributed by atoms with E-state index in [-0.39, 0.29) is 5.91 Å². The van der Waals surface area contributed by atoms with Gasteiger partial charge in [0.05, 0.1) is 6.20 Å². The SMILES string of the molecule is C=C/C=C\C(=C/C)CNc1ncc(C(=O)N2CCC(c3ccccc3)CC2)s1. The van der Waals surface area contributed by atoms with Crippen molar-refractivity contribution >= 4 is 22.4 Å². The van der Waals surface area contributed by atoms with Gasteiger partial charge in [-0.05, 0) is 36.8 Å². The molecular weight excluding hydrogens is 366 g/mol. The van der Waals surface area contributed by atoms with E-state index in [2.05, 4.69) is 41.1 Å². The maximum Gasteiger partial charge on any atom is 0.265 e. The number of carbonyl (C=O) groups excluding carboxylic acids is 1. The number of amides is 1. The summed E-state index contributed by atoms with van der Waals surface area (Å²) in [5, 5.41) is 4.07. The number of nitrogens with zero attached hydrogens (tertiary/aromatic N) is 2. The summed E-state index contributed by atoms with van der Waals surface area (Å²) in [5.41, 5.74) is 2.52. The van der Waals surface area contributed by atoms with Crippen LogP contribution in [-0.2, 0) is 0 Å². The lowest BCUT2D eigenvalue weighted by Gasteiger charge is -2.31. The van der Waals surface area contributed by atoms with Crippen LogP contribution < -0.4 is 5.32 Å². The van der Waals surface area contributed by atoms with Crippen molar-refractivity contribution in [3.05, 3.63) is 83.4 Å². The molecule has 1 aromatic heterocycles. The Morgan fingerprint density at radius 1 is 1.32 bits per heavy atom. The highest BCUT2D eigenvalue weighted by atomic mass is 32.1. The standard InChI is InChI=1S/C23H27N3OS/c1-3-5-9-18(4-2)16-24-23-25-17-21(28-23)22(27)26-14-12-20(13-15-26)19-10-7-6-8-11-19/h3-11,17,20H,1,12-16H2,2H3,(H,24,25)/b9-5-,18-4+. The van der Waals surface area contributed by atoms with E-state index in [0.29, 0.717) is 17.3 Å². The lowest BCUT2D eigenvalue weighted by atomic mass is 9.89. The first kappa shape index (κ1) is 20.1. The highest BCUT2D eigenvalue weighted by molar-refractivity contribution is 7.17. The number of rotatable bonds is 7. The fourth-order valence-corrected chi connectivity index (χ4v) is 4.16. The Morgan fingerprint density at radius 3 is 2.75 bits per heavy atom. The zero-order valence-corrected chi connectivity index (χ0v) is 17.1. The Balaban J connectivity index is 1.53. The molecule has 0 atom stereocenters. The minimum Gasteiger partial charge on any atom is -0.357 e. The number of thiazole rings is 1. The Morgan fingerprint density at radius 2 is 2.07 bits per heavy atom. The summed E-state index contributed by atoms with van der Waals surface area (Å²) in [6.07, 6.45) is 11.4. The van der Waals surface area contributed by atoms with Gasteiger partial charge in [0.15, 0.2) is 5.13 Å². The molecule has 1 fully saturated rings. The first-order valence-corrected chi connectivity index (χ1v) is 10.5. The highest BCUT2D eigenvalue weighted by Gasteiger charge is 2.25. The van der Waals surface area contributed by atoms with Gasteiger partial charge in [0.25, 0.3) is 5.91 Å². The van der Waals surface area contributed by atoms with Crippen LogP contribution >= 0.6 is 11.3 Å². The van der Waals surface area contributed by atoms with E-state index >= 15 is 0 Å². The predicted octanol–water partition coefficient (Wildman–Crippen LogP) is 5.26. The van der Waals surface area contributed by atoms with Crippen molar-refractivity contribution in [2.45, 2.75) is 25.7 Å². The molecule has 0 unspecified atom stereocenters. The van der Waals surface area contributed by atoms with Crippen molar-refractivity contribution in [2.24, 2.45) is 0 Å². The van der Waals surface area contributed by atoms with Crippen LogP contribution in [0.4, 0.5) is 5.13 Å². The van der Waals surface area contributed by atoms with Crippen molar-refractivity contribution in [1.82, 2.24) is 9.88 Å². The van der Waals surface area contributed by atoms with Gasteiger partial charge in [0.1, 0.15) is 4.88 Å². The van der Waals surface area contributed by atoms with Crippen molar-refractivity contribution in [1.29, 1.82) is 0 Å². The van der Waals surface area contributed by atoms with Gasteiger partial charge in [0, 0.05) is 19.6 Å². The number of allylic oxidation sites excluding steroid dienone is 3. The van der Waals surface area contributed by atoms with E-state index in [4.69, 9.17) is 0 Å². The molecule has 0 aliphatic carbocycles. The maximum absolute atomic E-state index is 12.8. The Bertz CT molecular complexity index is 846. The van der Waals surface area contributed by atoms with Crippen molar-refractivity contribution in [2.75, 3.05) is 25.0 Å². The zero-order chi connectivity index (χ0) is 19.8. The van der Waals surface area contributed by atoms with Crippen LogP contribution in [0.2, 0.25) is 0 Å². The van der Waals surface area contributed by atoms with Crippen LogP contribution in [0.3, 0.4) is 0 Å². The first-order chi connectivity index (χ1) is 13.7. The molecule has 5 heteroatoms. The molecule has 0 saturated carbocycles. The number of benzene rings is 1. The number of anilines is 1. The van der Waals surface area contributed by atoms with E-state index in [0.717, 1.165) is 36.6 Å². The predicted molar refractivity (Wildman–Crippen MR) is 118 cm³/mol. The fourth-order valence-electron chi connectivity index (χ4n) is 3.38. The average molecular weight is 394 g/mol. The molecule has 146 valence electrons. The number of aromatic nitrogens is 1. The van der Waals surface area contributed by atoms with Gasteiger partial charge in [-0.2, -0.15) is 0 Å². The van der Waals surface area contributed by atoms with E-state index in [1.54, 1.807) is 12.3 Å². The molecule has 1 aliphatic rings. The molecule has 3 rings (SSSR count). The van der Waals surface area contributed by atoms with Crippen molar-refractivity contribution < 1.29 is 4.79 Å². The third-order valence-corrected chi connectivity index (χ3v) is 5.97. The highest BCUT2D eigenvalue weighted by Crippen LogP contribution is 2.29. The van der Waals surface area contributed by atoms with Crippen molar-refractivity contribution in [3.63, 3.8) is 0 Å². The van der Waals surface area contributed by atoms with E-state index < -0.39 is 0 Å². The lowest BCUT2D eigenvalue weighted by Crippen LogP contribution is -2.37. The summed E-state index contributed by atoms with van der Waals surface area (Å²) in [5.74, 6) is 0.640. The minimum atomic E-state index is 0.0925. The first-order valence-electron chi connectivity index (χ1n) is 9.69. The largest absolute Gasteiger partial charge is 0.357 e. The molecule has 1 aliphatic heterocycles. The second-order valence-electron chi connectivity index (χ2n) is 6.82. The Kier molecular flexibility index (Phi) is 7.20. The number of carbonyl (C=O) groups is 1. The van der Waals surface area contributed by atoms with E-state index in [9.17, 15) is 4.79 Å². The monoisotopic (exact) mass is 393 g/mol. The van der Waals surface area contributed by atoms with Crippen LogP contribution in [0.5, 0.6) is 0 Å². The van der Waals surface area contributed by atoms with Gasteiger partial charge in [0.2, 0.25) is 0 Å². The summed E-state index contributed by atoms with van der Waals surface area (Å²) in [6.45, 7) is 7.96. The molecule has 1 N–H and O–H groups in total. The Hall–Kier alpha value is -2.66. The molecule has 2 heterocycles. The number of hydrogen-bond donors (Lipinski definition) is 1. The van der Waals surface area contributed by atoms with E-state index in [1.807, 2.05) is 36.1 Å². The number of piperidine rings is 1. The molecule has 0 bridgehead atoms. The number of nitrogens with one attached hydrogen (secondary N) is 1. The summed E-state index contributed by atoms with van der Waals surface area (Å²) >= 11 is 1.42. The van der Waals surface area contributed by atoms with Crippen LogP contribution in [0, 0.1) is 0 Å². The minimum absolute atomic E-state index is 0.0925. The molecule has 1 saturated heterocycles. The molecular formula is C23H27N3OS. The molecule has 2 aromatic rings. The third-order valence-electron chi connectivity index (χ3n) is 5.03. The molecule has 0 radical (unpaired) electrons. The maximum atomic E-state index is 12.8.